The SMILES string of the molecule is CCC(C#N)(CCCN(C)CC(C)C)NC(C)C. The van der Waals surface area contributed by atoms with Crippen molar-refractivity contribution in [3.8, 4) is 6.07 Å². The van der Waals surface area contributed by atoms with Crippen molar-refractivity contribution in [1.82, 2.24) is 10.2 Å². The van der Waals surface area contributed by atoms with E-state index in [4.69, 9.17) is 0 Å². The fourth-order valence-corrected chi connectivity index (χ4v) is 2.44. The van der Waals surface area contributed by atoms with Crippen molar-refractivity contribution in [2.45, 2.75) is 65.5 Å². The van der Waals surface area contributed by atoms with E-state index in [2.05, 4.69) is 58.0 Å². The second-order valence-electron chi connectivity index (χ2n) is 6.11. The Morgan fingerprint density at radius 3 is 2.28 bits per heavy atom. The fourth-order valence-electron chi connectivity index (χ4n) is 2.44. The van der Waals surface area contributed by atoms with E-state index in [9.17, 15) is 5.26 Å². The monoisotopic (exact) mass is 253 g/mol. The molecule has 0 radical (unpaired) electrons. The average Bonchev–Trinajstić information content (AvgIpc) is 2.26. The van der Waals surface area contributed by atoms with E-state index < -0.39 is 0 Å². The van der Waals surface area contributed by atoms with Crippen LogP contribution >= 0.6 is 0 Å². The predicted octanol–water partition coefficient (Wildman–Crippen LogP) is 3.02. The maximum atomic E-state index is 9.41. The third-order valence-electron chi connectivity index (χ3n) is 3.20. The van der Waals surface area contributed by atoms with Crippen LogP contribution in [-0.4, -0.2) is 36.6 Å². The molecular weight excluding hydrogens is 222 g/mol. The maximum absolute atomic E-state index is 9.41. The zero-order valence-corrected chi connectivity index (χ0v) is 13.1. The van der Waals surface area contributed by atoms with Gasteiger partial charge in [-0.15, -0.1) is 0 Å². The third-order valence-corrected chi connectivity index (χ3v) is 3.20. The van der Waals surface area contributed by atoms with Crippen molar-refractivity contribution in [3.63, 3.8) is 0 Å². The molecule has 18 heavy (non-hydrogen) atoms. The standard InChI is InChI=1S/C15H31N3/c1-7-15(12-16,17-14(4)5)9-8-10-18(6)11-13(2)3/h13-14,17H,7-11H2,1-6H3. The summed E-state index contributed by atoms with van der Waals surface area (Å²) in [4.78, 5) is 2.36. The molecule has 1 atom stereocenters. The second-order valence-corrected chi connectivity index (χ2v) is 6.11. The minimum absolute atomic E-state index is 0.340. The number of hydrogen-bond donors (Lipinski definition) is 1. The van der Waals surface area contributed by atoms with Crippen LogP contribution in [0.3, 0.4) is 0 Å². The highest BCUT2D eigenvalue weighted by atomic mass is 15.1. The molecule has 0 aliphatic carbocycles. The summed E-state index contributed by atoms with van der Waals surface area (Å²) in [6, 6.07) is 2.84. The number of hydrogen-bond acceptors (Lipinski definition) is 3. The molecule has 3 nitrogen and oxygen atoms in total. The zero-order valence-electron chi connectivity index (χ0n) is 13.1. The molecule has 0 heterocycles. The Balaban J connectivity index is 4.17. The van der Waals surface area contributed by atoms with E-state index >= 15 is 0 Å². The molecular formula is C15H31N3. The molecule has 0 saturated heterocycles. The highest BCUT2D eigenvalue weighted by molar-refractivity contribution is 5.06. The topological polar surface area (TPSA) is 39.1 Å². The van der Waals surface area contributed by atoms with Crippen LogP contribution in [0.4, 0.5) is 0 Å². The molecule has 0 spiro atoms. The zero-order chi connectivity index (χ0) is 14.2. The molecule has 1 unspecified atom stereocenters. The lowest BCUT2D eigenvalue weighted by atomic mass is 9.91. The quantitative estimate of drug-likeness (QED) is 0.686. The Hall–Kier alpha value is -0.590. The van der Waals surface area contributed by atoms with E-state index in [1.54, 1.807) is 0 Å². The molecule has 0 aliphatic heterocycles. The van der Waals surface area contributed by atoms with Gasteiger partial charge in [0.1, 0.15) is 5.54 Å². The summed E-state index contributed by atoms with van der Waals surface area (Å²) in [7, 11) is 2.16. The van der Waals surface area contributed by atoms with Crippen LogP contribution in [-0.2, 0) is 0 Å². The summed E-state index contributed by atoms with van der Waals surface area (Å²) in [5.41, 5.74) is -0.340. The third kappa shape index (κ3) is 6.98. The second kappa shape index (κ2) is 8.50. The lowest BCUT2D eigenvalue weighted by Crippen LogP contribution is -2.47. The molecule has 0 aromatic carbocycles. The van der Waals surface area contributed by atoms with Crippen LogP contribution in [0.1, 0.15) is 53.9 Å². The molecule has 0 aliphatic rings. The summed E-state index contributed by atoms with van der Waals surface area (Å²) in [5, 5.41) is 12.8. The largest absolute Gasteiger partial charge is 0.306 e. The Morgan fingerprint density at radius 1 is 1.28 bits per heavy atom. The maximum Gasteiger partial charge on any atom is 0.106 e. The first-order valence-electron chi connectivity index (χ1n) is 7.22. The van der Waals surface area contributed by atoms with Crippen molar-refractivity contribution in [2.75, 3.05) is 20.1 Å². The van der Waals surface area contributed by atoms with Gasteiger partial charge in [0.15, 0.2) is 0 Å². The van der Waals surface area contributed by atoms with Crippen molar-refractivity contribution >= 4 is 0 Å². The van der Waals surface area contributed by atoms with Crippen LogP contribution in [0.5, 0.6) is 0 Å². The summed E-state index contributed by atoms with van der Waals surface area (Å²) >= 11 is 0. The van der Waals surface area contributed by atoms with E-state index in [1.807, 2.05) is 0 Å². The summed E-state index contributed by atoms with van der Waals surface area (Å²) in [5.74, 6) is 0.704. The van der Waals surface area contributed by atoms with Gasteiger partial charge in [-0.05, 0) is 52.6 Å². The predicted molar refractivity (Wildman–Crippen MR) is 78.5 cm³/mol. The molecule has 0 saturated carbocycles. The molecule has 0 amide bonds. The lowest BCUT2D eigenvalue weighted by Gasteiger charge is -2.30. The van der Waals surface area contributed by atoms with Gasteiger partial charge in [-0.25, -0.2) is 0 Å². The van der Waals surface area contributed by atoms with Gasteiger partial charge < -0.3 is 4.90 Å². The van der Waals surface area contributed by atoms with E-state index in [0.29, 0.717) is 12.0 Å². The molecule has 0 rings (SSSR count). The van der Waals surface area contributed by atoms with Gasteiger partial charge in [0.05, 0.1) is 6.07 Å². The minimum atomic E-state index is -0.340. The van der Waals surface area contributed by atoms with Gasteiger partial charge >= 0.3 is 0 Å². The van der Waals surface area contributed by atoms with Crippen LogP contribution in [0.15, 0.2) is 0 Å². The van der Waals surface area contributed by atoms with Crippen molar-refractivity contribution in [1.29, 1.82) is 5.26 Å². The molecule has 0 fully saturated rings. The first-order valence-corrected chi connectivity index (χ1v) is 7.22. The van der Waals surface area contributed by atoms with Gasteiger partial charge in [0, 0.05) is 12.6 Å². The Kier molecular flexibility index (Phi) is 8.22. The number of nitrogens with one attached hydrogen (secondary N) is 1. The van der Waals surface area contributed by atoms with E-state index in [1.165, 1.54) is 0 Å². The number of rotatable bonds is 9. The highest BCUT2D eigenvalue weighted by Crippen LogP contribution is 2.18. The molecule has 3 heteroatoms. The smallest absolute Gasteiger partial charge is 0.106 e. The number of nitrogens with zero attached hydrogens (tertiary/aromatic N) is 2. The molecule has 0 aromatic heterocycles. The Bertz CT molecular complexity index is 255. The molecule has 0 aromatic rings. The van der Waals surface area contributed by atoms with Crippen LogP contribution in [0, 0.1) is 17.2 Å². The van der Waals surface area contributed by atoms with E-state index in [0.717, 1.165) is 32.4 Å². The minimum Gasteiger partial charge on any atom is -0.306 e. The molecule has 106 valence electrons. The van der Waals surface area contributed by atoms with Gasteiger partial charge in [-0.3, -0.25) is 5.32 Å². The molecule has 0 bridgehead atoms. The summed E-state index contributed by atoms with van der Waals surface area (Å²) in [6.45, 7) is 13.0. The van der Waals surface area contributed by atoms with Crippen molar-refractivity contribution < 1.29 is 0 Å². The highest BCUT2D eigenvalue weighted by Gasteiger charge is 2.27. The van der Waals surface area contributed by atoms with Gasteiger partial charge in [-0.1, -0.05) is 20.8 Å². The molecule has 1 N–H and O–H groups in total. The van der Waals surface area contributed by atoms with E-state index in [-0.39, 0.29) is 5.54 Å². The van der Waals surface area contributed by atoms with Crippen LogP contribution in [0.25, 0.3) is 0 Å². The fraction of sp³-hybridized carbons (Fsp3) is 0.933. The average molecular weight is 253 g/mol. The summed E-state index contributed by atoms with van der Waals surface area (Å²) in [6.07, 6.45) is 2.88. The van der Waals surface area contributed by atoms with Gasteiger partial charge in [0.25, 0.3) is 0 Å². The first-order chi connectivity index (χ1) is 8.35. The number of nitriles is 1. The first kappa shape index (κ1) is 17.4. The van der Waals surface area contributed by atoms with Crippen molar-refractivity contribution in [3.05, 3.63) is 0 Å². The normalized spacial score (nSPS) is 15.1. The van der Waals surface area contributed by atoms with Crippen LogP contribution < -0.4 is 5.32 Å². The van der Waals surface area contributed by atoms with Crippen LogP contribution in [0.2, 0.25) is 0 Å². The van der Waals surface area contributed by atoms with Crippen molar-refractivity contribution in [2.24, 2.45) is 5.92 Å². The Labute approximate surface area is 114 Å². The Morgan fingerprint density at radius 2 is 1.89 bits per heavy atom. The summed E-state index contributed by atoms with van der Waals surface area (Å²) < 4.78 is 0. The van der Waals surface area contributed by atoms with Gasteiger partial charge in [-0.2, -0.15) is 5.26 Å². The lowest BCUT2D eigenvalue weighted by molar-refractivity contribution is 0.265. The van der Waals surface area contributed by atoms with Gasteiger partial charge in [0.2, 0.25) is 0 Å².